The van der Waals surface area contributed by atoms with Gasteiger partial charge < -0.3 is 9.42 Å². The summed E-state index contributed by atoms with van der Waals surface area (Å²) in [7, 11) is 0. The van der Waals surface area contributed by atoms with E-state index in [9.17, 15) is 9.18 Å². The first kappa shape index (κ1) is 16.9. The van der Waals surface area contributed by atoms with Crippen molar-refractivity contribution >= 4 is 17.5 Å². The maximum atomic E-state index is 13.9. The number of nitrogens with zero attached hydrogens (tertiary/aromatic N) is 4. The molecular weight excluding hydrogens is 335 g/mol. The van der Waals surface area contributed by atoms with E-state index >= 15 is 0 Å². The second-order valence-electron chi connectivity index (χ2n) is 5.78. The van der Waals surface area contributed by atoms with Crippen LogP contribution in [0, 0.1) is 12.7 Å². The first-order chi connectivity index (χ1) is 11.5. The lowest BCUT2D eigenvalue weighted by atomic mass is 10.2. The van der Waals surface area contributed by atoms with Crippen LogP contribution < -0.4 is 0 Å². The Kier molecular flexibility index (Phi) is 5.11. The molecule has 1 saturated heterocycles. The van der Waals surface area contributed by atoms with Crippen LogP contribution in [0.2, 0.25) is 5.02 Å². The average Bonchev–Trinajstić information content (AvgIpc) is 2.82. The van der Waals surface area contributed by atoms with Gasteiger partial charge in [-0.25, -0.2) is 4.39 Å². The minimum Gasteiger partial charge on any atom is -0.340 e. The molecule has 128 valence electrons. The lowest BCUT2D eigenvalue weighted by Gasteiger charge is -2.21. The smallest absolute Gasteiger partial charge is 0.256 e. The second-order valence-corrected chi connectivity index (χ2v) is 6.21. The predicted molar refractivity (Wildman–Crippen MR) is 86.2 cm³/mol. The molecule has 1 aliphatic rings. The normalized spacial score (nSPS) is 16.2. The number of halogens is 2. The molecule has 0 saturated carbocycles. The van der Waals surface area contributed by atoms with Crippen LogP contribution in [0.25, 0.3) is 0 Å². The van der Waals surface area contributed by atoms with Gasteiger partial charge in [-0.15, -0.1) is 0 Å². The van der Waals surface area contributed by atoms with Crippen molar-refractivity contribution in [1.82, 2.24) is 19.9 Å². The topological polar surface area (TPSA) is 62.5 Å². The number of aryl methyl sites for hydroxylation is 1. The standard InChI is InChI=1S/C16H18ClFN4O2/c1-11-19-15(20-24-11)10-21-5-2-6-22(8-7-21)16(23)13-9-12(17)3-4-14(13)18/h3-4,9H,2,5-8,10H2,1H3. The third-order valence-electron chi connectivity index (χ3n) is 3.97. The SMILES string of the molecule is Cc1nc(CN2CCCN(C(=O)c3cc(Cl)ccc3F)CC2)no1. The molecule has 0 aliphatic carbocycles. The summed E-state index contributed by atoms with van der Waals surface area (Å²) < 4.78 is 18.9. The number of carbonyl (C=O) groups excluding carboxylic acids is 1. The van der Waals surface area contributed by atoms with Crippen molar-refractivity contribution in [2.75, 3.05) is 26.2 Å². The maximum absolute atomic E-state index is 13.9. The van der Waals surface area contributed by atoms with Gasteiger partial charge in [-0.2, -0.15) is 4.98 Å². The van der Waals surface area contributed by atoms with Gasteiger partial charge in [-0.3, -0.25) is 9.69 Å². The number of carbonyl (C=O) groups is 1. The quantitative estimate of drug-likeness (QED) is 0.849. The van der Waals surface area contributed by atoms with Crippen molar-refractivity contribution in [2.24, 2.45) is 0 Å². The highest BCUT2D eigenvalue weighted by molar-refractivity contribution is 6.31. The summed E-state index contributed by atoms with van der Waals surface area (Å²) in [4.78, 5) is 20.6. The minimum absolute atomic E-state index is 0.0183. The fourth-order valence-electron chi connectivity index (χ4n) is 2.77. The molecule has 8 heteroatoms. The zero-order valence-electron chi connectivity index (χ0n) is 13.3. The van der Waals surface area contributed by atoms with Gasteiger partial charge in [0.25, 0.3) is 5.91 Å². The highest BCUT2D eigenvalue weighted by Gasteiger charge is 2.23. The number of aromatic nitrogens is 2. The molecule has 0 spiro atoms. The highest BCUT2D eigenvalue weighted by atomic mass is 35.5. The zero-order chi connectivity index (χ0) is 17.1. The third-order valence-corrected chi connectivity index (χ3v) is 4.20. The zero-order valence-corrected chi connectivity index (χ0v) is 14.1. The molecule has 6 nitrogen and oxygen atoms in total. The fraction of sp³-hybridized carbons (Fsp3) is 0.438. The summed E-state index contributed by atoms with van der Waals surface area (Å²) in [6, 6.07) is 4.03. The van der Waals surface area contributed by atoms with Crippen LogP contribution in [0.3, 0.4) is 0 Å². The first-order valence-corrected chi connectivity index (χ1v) is 8.16. The van der Waals surface area contributed by atoms with Crippen molar-refractivity contribution in [1.29, 1.82) is 0 Å². The van der Waals surface area contributed by atoms with E-state index < -0.39 is 5.82 Å². The molecule has 1 fully saturated rings. The molecule has 1 aromatic carbocycles. The maximum Gasteiger partial charge on any atom is 0.256 e. The Morgan fingerprint density at radius 3 is 2.92 bits per heavy atom. The molecule has 0 radical (unpaired) electrons. The molecule has 0 N–H and O–H groups in total. The van der Waals surface area contributed by atoms with E-state index in [0.29, 0.717) is 42.9 Å². The molecule has 2 heterocycles. The van der Waals surface area contributed by atoms with E-state index in [-0.39, 0.29) is 11.5 Å². The van der Waals surface area contributed by atoms with Crippen molar-refractivity contribution in [2.45, 2.75) is 19.9 Å². The molecule has 2 aromatic rings. The summed E-state index contributed by atoms with van der Waals surface area (Å²) in [5.41, 5.74) is 0.0183. The molecule has 3 rings (SSSR count). The Bertz CT molecular complexity index is 737. The monoisotopic (exact) mass is 352 g/mol. The van der Waals surface area contributed by atoms with Gasteiger partial charge in [-0.05, 0) is 24.6 Å². The van der Waals surface area contributed by atoms with Crippen molar-refractivity contribution in [3.63, 3.8) is 0 Å². The van der Waals surface area contributed by atoms with Crippen LogP contribution in [-0.4, -0.2) is 52.0 Å². The molecule has 0 unspecified atom stereocenters. The third kappa shape index (κ3) is 3.91. The number of rotatable bonds is 3. The van der Waals surface area contributed by atoms with E-state index in [1.165, 1.54) is 18.2 Å². The van der Waals surface area contributed by atoms with Crippen molar-refractivity contribution in [3.8, 4) is 0 Å². The first-order valence-electron chi connectivity index (χ1n) is 7.79. The Labute approximate surface area is 144 Å². The molecular formula is C16H18ClFN4O2. The van der Waals surface area contributed by atoms with E-state index in [2.05, 4.69) is 15.0 Å². The van der Waals surface area contributed by atoms with Crippen LogP contribution in [0.4, 0.5) is 4.39 Å². The van der Waals surface area contributed by atoms with E-state index in [1.807, 2.05) is 0 Å². The van der Waals surface area contributed by atoms with E-state index in [0.717, 1.165) is 13.0 Å². The average molecular weight is 353 g/mol. The Morgan fingerprint density at radius 2 is 2.17 bits per heavy atom. The van der Waals surface area contributed by atoms with Gasteiger partial charge in [0.15, 0.2) is 5.82 Å². The summed E-state index contributed by atoms with van der Waals surface area (Å²) in [6.45, 7) is 4.90. The van der Waals surface area contributed by atoms with Crippen molar-refractivity contribution in [3.05, 3.63) is 46.3 Å². The lowest BCUT2D eigenvalue weighted by molar-refractivity contribution is 0.0756. The lowest BCUT2D eigenvalue weighted by Crippen LogP contribution is -2.35. The van der Waals surface area contributed by atoms with Crippen LogP contribution >= 0.6 is 11.6 Å². The molecule has 0 bridgehead atoms. The van der Waals surface area contributed by atoms with Crippen LogP contribution in [0.15, 0.2) is 22.7 Å². The van der Waals surface area contributed by atoms with Gasteiger partial charge in [0, 0.05) is 38.1 Å². The molecule has 1 amide bonds. The summed E-state index contributed by atoms with van der Waals surface area (Å²) in [5.74, 6) is 0.293. The molecule has 24 heavy (non-hydrogen) atoms. The van der Waals surface area contributed by atoms with Crippen LogP contribution in [0.5, 0.6) is 0 Å². The Balaban J connectivity index is 1.64. The van der Waals surface area contributed by atoms with Crippen molar-refractivity contribution < 1.29 is 13.7 Å². The van der Waals surface area contributed by atoms with Gasteiger partial charge in [-0.1, -0.05) is 16.8 Å². The predicted octanol–water partition coefficient (Wildman–Crippen LogP) is 2.52. The van der Waals surface area contributed by atoms with Gasteiger partial charge in [0.05, 0.1) is 12.1 Å². The number of hydrogen-bond donors (Lipinski definition) is 0. The largest absolute Gasteiger partial charge is 0.340 e. The van der Waals surface area contributed by atoms with E-state index in [1.54, 1.807) is 11.8 Å². The fourth-order valence-corrected chi connectivity index (χ4v) is 2.94. The molecule has 1 aliphatic heterocycles. The van der Waals surface area contributed by atoms with Gasteiger partial charge in [0.1, 0.15) is 5.82 Å². The Hall–Kier alpha value is -1.99. The highest BCUT2D eigenvalue weighted by Crippen LogP contribution is 2.18. The minimum atomic E-state index is -0.548. The van der Waals surface area contributed by atoms with Gasteiger partial charge >= 0.3 is 0 Å². The molecule has 0 atom stereocenters. The second kappa shape index (κ2) is 7.27. The summed E-state index contributed by atoms with van der Waals surface area (Å²) in [6.07, 6.45) is 0.796. The van der Waals surface area contributed by atoms with Crippen LogP contribution in [-0.2, 0) is 6.54 Å². The van der Waals surface area contributed by atoms with Crippen LogP contribution in [0.1, 0.15) is 28.5 Å². The number of benzene rings is 1. The Morgan fingerprint density at radius 1 is 1.33 bits per heavy atom. The van der Waals surface area contributed by atoms with E-state index in [4.69, 9.17) is 16.1 Å². The number of amides is 1. The molecule has 1 aromatic heterocycles. The van der Waals surface area contributed by atoms with Gasteiger partial charge in [0.2, 0.25) is 5.89 Å². The summed E-state index contributed by atoms with van der Waals surface area (Å²) in [5, 5.41) is 4.24. The number of hydrogen-bond acceptors (Lipinski definition) is 5. The summed E-state index contributed by atoms with van der Waals surface area (Å²) >= 11 is 5.88.